The highest BCUT2D eigenvalue weighted by Gasteiger charge is 2.34. The fourth-order valence-electron chi connectivity index (χ4n) is 1.25. The Kier molecular flexibility index (Phi) is 4.53. The number of anilines is 1. The van der Waals surface area contributed by atoms with Crippen molar-refractivity contribution in [3.63, 3.8) is 0 Å². The van der Waals surface area contributed by atoms with E-state index in [1.807, 2.05) is 10.6 Å². The smallest absolute Gasteiger partial charge is 0.419 e. The Labute approximate surface area is 110 Å². The van der Waals surface area contributed by atoms with Crippen molar-refractivity contribution in [2.45, 2.75) is 19.1 Å². The standard InChI is InChI=1S/C11H10F4N2O3/c1-5(9(18)19)16-10(20)17-6-2-3-8(12)7(4-6)11(13,14)15/h2-5H,1H3,(H,18,19)(H2,16,17,20). The van der Waals surface area contributed by atoms with Crippen LogP contribution in [0.3, 0.4) is 0 Å². The number of alkyl halides is 3. The van der Waals surface area contributed by atoms with Crippen LogP contribution >= 0.6 is 0 Å². The Morgan fingerprint density at radius 1 is 1.30 bits per heavy atom. The van der Waals surface area contributed by atoms with Gasteiger partial charge in [0.1, 0.15) is 11.9 Å². The summed E-state index contributed by atoms with van der Waals surface area (Å²) in [4.78, 5) is 21.8. The molecule has 2 amide bonds. The SMILES string of the molecule is CC(NC(=O)Nc1ccc(F)c(C(F)(F)F)c1)C(=O)O. The Bertz CT molecular complexity index is 531. The molecule has 110 valence electrons. The number of carboxylic acids is 1. The summed E-state index contributed by atoms with van der Waals surface area (Å²) in [5, 5.41) is 12.5. The number of carboxylic acid groups (broad SMARTS) is 1. The number of rotatable bonds is 3. The van der Waals surface area contributed by atoms with Crippen molar-refractivity contribution < 1.29 is 32.3 Å². The lowest BCUT2D eigenvalue weighted by molar-refractivity contribution is -0.140. The van der Waals surface area contributed by atoms with Gasteiger partial charge >= 0.3 is 18.2 Å². The number of urea groups is 1. The zero-order valence-corrected chi connectivity index (χ0v) is 10.1. The first-order valence-corrected chi connectivity index (χ1v) is 5.28. The molecule has 0 bridgehead atoms. The summed E-state index contributed by atoms with van der Waals surface area (Å²) < 4.78 is 50.3. The van der Waals surface area contributed by atoms with E-state index in [1.54, 1.807) is 0 Å². The van der Waals surface area contributed by atoms with Crippen molar-refractivity contribution in [3.05, 3.63) is 29.6 Å². The van der Waals surface area contributed by atoms with Crippen molar-refractivity contribution in [2.75, 3.05) is 5.32 Å². The van der Waals surface area contributed by atoms with E-state index in [2.05, 4.69) is 0 Å². The van der Waals surface area contributed by atoms with Gasteiger partial charge in [-0.15, -0.1) is 0 Å². The molecule has 0 heterocycles. The molecule has 1 unspecified atom stereocenters. The molecule has 1 rings (SSSR count). The van der Waals surface area contributed by atoms with Gasteiger partial charge in [-0.3, -0.25) is 4.79 Å². The average molecular weight is 294 g/mol. The Balaban J connectivity index is 2.84. The minimum absolute atomic E-state index is 0.311. The van der Waals surface area contributed by atoms with E-state index in [9.17, 15) is 27.2 Å². The lowest BCUT2D eigenvalue weighted by atomic mass is 10.2. The van der Waals surface area contributed by atoms with E-state index in [0.717, 1.165) is 6.07 Å². The zero-order valence-electron chi connectivity index (χ0n) is 10.1. The molecular formula is C11H10F4N2O3. The third-order valence-corrected chi connectivity index (χ3v) is 2.25. The molecule has 3 N–H and O–H groups in total. The maximum Gasteiger partial charge on any atom is 0.419 e. The van der Waals surface area contributed by atoms with Crippen LogP contribution in [0.4, 0.5) is 28.0 Å². The molecule has 0 aliphatic heterocycles. The van der Waals surface area contributed by atoms with Crippen LogP contribution in [0.2, 0.25) is 0 Å². The van der Waals surface area contributed by atoms with Crippen molar-refractivity contribution in [1.29, 1.82) is 0 Å². The summed E-state index contributed by atoms with van der Waals surface area (Å²) >= 11 is 0. The van der Waals surface area contributed by atoms with Gasteiger partial charge in [0.15, 0.2) is 0 Å². The minimum atomic E-state index is -4.90. The van der Waals surface area contributed by atoms with Gasteiger partial charge in [-0.2, -0.15) is 13.2 Å². The van der Waals surface area contributed by atoms with Crippen LogP contribution in [-0.4, -0.2) is 23.1 Å². The topological polar surface area (TPSA) is 78.4 Å². The van der Waals surface area contributed by atoms with Crippen LogP contribution in [0.1, 0.15) is 12.5 Å². The molecule has 20 heavy (non-hydrogen) atoms. The van der Waals surface area contributed by atoms with Gasteiger partial charge in [0.2, 0.25) is 0 Å². The fourth-order valence-corrected chi connectivity index (χ4v) is 1.25. The molecule has 0 saturated carbocycles. The van der Waals surface area contributed by atoms with E-state index >= 15 is 0 Å². The lowest BCUT2D eigenvalue weighted by Crippen LogP contribution is -2.40. The monoisotopic (exact) mass is 294 g/mol. The molecule has 1 aromatic carbocycles. The number of nitrogens with one attached hydrogen (secondary N) is 2. The van der Waals surface area contributed by atoms with E-state index in [0.29, 0.717) is 12.1 Å². The fraction of sp³-hybridized carbons (Fsp3) is 0.273. The van der Waals surface area contributed by atoms with Gasteiger partial charge in [0.25, 0.3) is 0 Å². The first kappa shape index (κ1) is 15.7. The maximum atomic E-state index is 13.0. The first-order chi connectivity index (χ1) is 9.11. The molecule has 9 heteroatoms. The van der Waals surface area contributed by atoms with Crippen molar-refractivity contribution in [1.82, 2.24) is 5.32 Å². The second-order valence-corrected chi connectivity index (χ2v) is 3.85. The number of carbonyl (C=O) groups excluding carboxylic acids is 1. The predicted octanol–water partition coefficient (Wildman–Crippen LogP) is 2.44. The molecule has 1 atom stereocenters. The first-order valence-electron chi connectivity index (χ1n) is 5.28. The number of benzene rings is 1. The van der Waals surface area contributed by atoms with Gasteiger partial charge in [-0.1, -0.05) is 0 Å². The van der Waals surface area contributed by atoms with Crippen LogP contribution in [0.25, 0.3) is 0 Å². The molecule has 0 fully saturated rings. The van der Waals surface area contributed by atoms with E-state index in [-0.39, 0.29) is 5.69 Å². The number of carbonyl (C=O) groups is 2. The summed E-state index contributed by atoms with van der Waals surface area (Å²) in [5.74, 6) is -2.78. The van der Waals surface area contributed by atoms with Crippen LogP contribution in [-0.2, 0) is 11.0 Å². The molecule has 0 aliphatic rings. The van der Waals surface area contributed by atoms with Crippen molar-refractivity contribution in [3.8, 4) is 0 Å². The number of halogens is 4. The molecule has 1 aromatic rings. The minimum Gasteiger partial charge on any atom is -0.480 e. The summed E-state index contributed by atoms with van der Waals surface area (Å²) in [6, 6.07) is -0.341. The highest BCUT2D eigenvalue weighted by atomic mass is 19.4. The van der Waals surface area contributed by atoms with Crippen LogP contribution < -0.4 is 10.6 Å². The van der Waals surface area contributed by atoms with Gasteiger partial charge in [0, 0.05) is 5.69 Å². The van der Waals surface area contributed by atoms with Crippen LogP contribution in [0.5, 0.6) is 0 Å². The van der Waals surface area contributed by atoms with Gasteiger partial charge < -0.3 is 15.7 Å². The second-order valence-electron chi connectivity index (χ2n) is 3.85. The average Bonchev–Trinajstić information content (AvgIpc) is 2.29. The lowest BCUT2D eigenvalue weighted by Gasteiger charge is -2.13. The Morgan fingerprint density at radius 2 is 1.90 bits per heavy atom. The van der Waals surface area contributed by atoms with E-state index in [1.165, 1.54) is 6.92 Å². The molecule has 0 aliphatic carbocycles. The third kappa shape index (κ3) is 4.11. The Morgan fingerprint density at radius 3 is 2.40 bits per heavy atom. The molecular weight excluding hydrogens is 284 g/mol. The molecule has 0 saturated heterocycles. The summed E-state index contributed by atoms with van der Waals surface area (Å²) in [5.41, 5.74) is -1.84. The van der Waals surface area contributed by atoms with E-state index in [4.69, 9.17) is 5.11 Å². The van der Waals surface area contributed by atoms with Crippen LogP contribution in [0, 0.1) is 5.82 Å². The van der Waals surface area contributed by atoms with Crippen molar-refractivity contribution >= 4 is 17.7 Å². The normalized spacial score (nSPS) is 12.7. The third-order valence-electron chi connectivity index (χ3n) is 2.25. The molecule has 5 nitrogen and oxygen atoms in total. The van der Waals surface area contributed by atoms with Gasteiger partial charge in [0.05, 0.1) is 5.56 Å². The summed E-state index contributed by atoms with van der Waals surface area (Å²) in [6.07, 6.45) is -4.90. The summed E-state index contributed by atoms with van der Waals surface area (Å²) in [7, 11) is 0. The molecule has 0 aromatic heterocycles. The van der Waals surface area contributed by atoms with Crippen LogP contribution in [0.15, 0.2) is 18.2 Å². The maximum absolute atomic E-state index is 13.0. The number of aliphatic carboxylic acids is 1. The second kappa shape index (κ2) is 5.76. The highest BCUT2D eigenvalue weighted by molar-refractivity contribution is 5.92. The number of hydrogen-bond acceptors (Lipinski definition) is 2. The van der Waals surface area contributed by atoms with Crippen molar-refractivity contribution in [2.24, 2.45) is 0 Å². The predicted molar refractivity (Wildman–Crippen MR) is 60.7 cm³/mol. The summed E-state index contributed by atoms with van der Waals surface area (Å²) in [6.45, 7) is 1.17. The number of amides is 2. The molecule has 0 spiro atoms. The highest BCUT2D eigenvalue weighted by Crippen LogP contribution is 2.32. The Hall–Kier alpha value is -2.32. The van der Waals surface area contributed by atoms with Gasteiger partial charge in [-0.05, 0) is 25.1 Å². The largest absolute Gasteiger partial charge is 0.480 e. The van der Waals surface area contributed by atoms with E-state index < -0.39 is 35.6 Å². The zero-order chi connectivity index (χ0) is 15.5. The number of hydrogen-bond donors (Lipinski definition) is 3. The quantitative estimate of drug-likeness (QED) is 0.749. The van der Waals surface area contributed by atoms with Gasteiger partial charge in [-0.25, -0.2) is 9.18 Å². The molecule has 0 radical (unpaired) electrons.